The van der Waals surface area contributed by atoms with E-state index < -0.39 is 0 Å². The highest BCUT2D eigenvalue weighted by Crippen LogP contribution is 2.32. The molecule has 1 amide bonds. The number of carbonyl (C=O) groups excluding carboxylic acids is 1. The molecule has 9 heteroatoms. The first-order valence-electron chi connectivity index (χ1n) is 13.5. The predicted octanol–water partition coefficient (Wildman–Crippen LogP) is 6.33. The summed E-state index contributed by atoms with van der Waals surface area (Å²) in [4.78, 5) is 38.4. The number of hydrogen-bond acceptors (Lipinski definition) is 5. The van der Waals surface area contributed by atoms with Crippen molar-refractivity contribution in [2.24, 2.45) is 0 Å². The molecule has 40 heavy (non-hydrogen) atoms. The van der Waals surface area contributed by atoms with Crippen LogP contribution in [0.3, 0.4) is 0 Å². The lowest BCUT2D eigenvalue weighted by Gasteiger charge is -2.31. The molecule has 1 fully saturated rings. The number of benzene rings is 2. The first-order chi connectivity index (χ1) is 19.0. The Morgan fingerprint density at radius 2 is 1.82 bits per heavy atom. The first-order valence-corrected chi connectivity index (χ1v) is 14.3. The van der Waals surface area contributed by atoms with Crippen LogP contribution in [0.15, 0.2) is 59.5 Å². The zero-order chi connectivity index (χ0) is 28.6. The molecule has 0 aliphatic carbocycles. The molecule has 1 aliphatic heterocycles. The number of carbonyl (C=O) groups is 1. The summed E-state index contributed by atoms with van der Waals surface area (Å²) in [6, 6.07) is 14.7. The normalized spacial score (nSPS) is 15.2. The van der Waals surface area contributed by atoms with Crippen LogP contribution >= 0.6 is 23.2 Å². The molecule has 4 aromatic rings. The summed E-state index contributed by atoms with van der Waals surface area (Å²) >= 11 is 12.8. The molecule has 0 radical (unpaired) electrons. The van der Waals surface area contributed by atoms with E-state index in [9.17, 15) is 9.59 Å². The number of nitrogens with zero attached hydrogens (tertiary/aromatic N) is 4. The highest BCUT2D eigenvalue weighted by Gasteiger charge is 2.31. The maximum atomic E-state index is 13.9. The summed E-state index contributed by atoms with van der Waals surface area (Å²) in [6.45, 7) is 9.96. The van der Waals surface area contributed by atoms with Crippen LogP contribution in [0.4, 0.5) is 0 Å². The molecule has 1 N–H and O–H groups in total. The van der Waals surface area contributed by atoms with Crippen LogP contribution in [0.5, 0.6) is 0 Å². The maximum absolute atomic E-state index is 13.9. The van der Waals surface area contributed by atoms with E-state index in [2.05, 4.69) is 35.1 Å². The minimum atomic E-state index is -0.353. The molecule has 3 heterocycles. The van der Waals surface area contributed by atoms with Crippen LogP contribution in [0, 0.1) is 0 Å². The number of amides is 1. The van der Waals surface area contributed by atoms with Gasteiger partial charge in [0.1, 0.15) is 12.4 Å². The molecular formula is C31H33Cl2N5O2. The van der Waals surface area contributed by atoms with Crippen LogP contribution in [-0.4, -0.2) is 43.5 Å². The van der Waals surface area contributed by atoms with E-state index in [0.29, 0.717) is 32.5 Å². The largest absolute Gasteiger partial charge is 0.352 e. The molecule has 2 aromatic heterocycles. The smallest absolute Gasteiger partial charge is 0.263 e. The molecule has 0 saturated carbocycles. The number of pyridine rings is 1. The van der Waals surface area contributed by atoms with Crippen molar-refractivity contribution < 1.29 is 4.79 Å². The highest BCUT2D eigenvalue weighted by atomic mass is 35.5. The minimum absolute atomic E-state index is 0.0670. The zero-order valence-corrected chi connectivity index (χ0v) is 24.7. The van der Waals surface area contributed by atoms with E-state index in [4.69, 9.17) is 28.2 Å². The number of aromatic nitrogens is 3. The monoisotopic (exact) mass is 577 g/mol. The molecule has 208 valence electrons. The Balaban J connectivity index is 1.59. The topological polar surface area (TPSA) is 80.1 Å². The van der Waals surface area contributed by atoms with Crippen LogP contribution in [0.2, 0.25) is 10.0 Å². The number of nitrogens with one attached hydrogen (secondary N) is 1. The van der Waals surface area contributed by atoms with Gasteiger partial charge < -0.3 is 5.32 Å². The van der Waals surface area contributed by atoms with Gasteiger partial charge in [-0.2, -0.15) is 0 Å². The SMILES string of the molecule is CC(C)NC(=O)Cn1c(-c2cccc(Cl)c2)nc2ncc(-c3cc(Cl)cc(CN4CCCC4(C)C)c3)cc2c1=O. The second-order valence-electron chi connectivity index (χ2n) is 11.3. The van der Waals surface area contributed by atoms with Crippen LogP contribution in [-0.2, 0) is 17.9 Å². The molecule has 0 unspecified atom stereocenters. The molecule has 1 saturated heterocycles. The van der Waals surface area contributed by atoms with E-state index >= 15 is 0 Å². The third-order valence-corrected chi connectivity index (χ3v) is 7.83. The molecule has 5 rings (SSSR count). The third-order valence-electron chi connectivity index (χ3n) is 7.38. The summed E-state index contributed by atoms with van der Waals surface area (Å²) in [7, 11) is 0. The summed E-state index contributed by atoms with van der Waals surface area (Å²) < 4.78 is 1.38. The number of fused-ring (bicyclic) bond motifs is 1. The molecular weight excluding hydrogens is 545 g/mol. The van der Waals surface area contributed by atoms with Gasteiger partial charge in [-0.15, -0.1) is 0 Å². The maximum Gasteiger partial charge on any atom is 0.263 e. The fraction of sp³-hybridized carbons (Fsp3) is 0.355. The Morgan fingerprint density at radius 3 is 2.52 bits per heavy atom. The lowest BCUT2D eigenvalue weighted by Crippen LogP contribution is -2.37. The summed E-state index contributed by atoms with van der Waals surface area (Å²) in [6.07, 6.45) is 4.06. The van der Waals surface area contributed by atoms with Gasteiger partial charge in [0.15, 0.2) is 5.65 Å². The predicted molar refractivity (Wildman–Crippen MR) is 162 cm³/mol. The van der Waals surface area contributed by atoms with Crippen LogP contribution in [0.25, 0.3) is 33.5 Å². The molecule has 0 bridgehead atoms. The fourth-order valence-electron chi connectivity index (χ4n) is 5.36. The van der Waals surface area contributed by atoms with Crippen molar-refractivity contribution in [1.29, 1.82) is 0 Å². The number of rotatable bonds is 7. The van der Waals surface area contributed by atoms with Crippen LogP contribution in [0.1, 0.15) is 46.1 Å². The van der Waals surface area contributed by atoms with Gasteiger partial charge in [-0.3, -0.25) is 19.1 Å². The lowest BCUT2D eigenvalue weighted by atomic mass is 10.00. The average molecular weight is 579 g/mol. The third kappa shape index (κ3) is 6.07. The Bertz CT molecular complexity index is 1650. The molecule has 0 atom stereocenters. The average Bonchev–Trinajstić information content (AvgIpc) is 3.21. The minimum Gasteiger partial charge on any atom is -0.352 e. The van der Waals surface area contributed by atoms with Gasteiger partial charge in [-0.25, -0.2) is 9.97 Å². The van der Waals surface area contributed by atoms with E-state index in [1.54, 1.807) is 36.5 Å². The molecule has 1 aliphatic rings. The van der Waals surface area contributed by atoms with E-state index in [0.717, 1.165) is 29.8 Å². The van der Waals surface area contributed by atoms with Crippen molar-refractivity contribution in [2.75, 3.05) is 6.54 Å². The molecule has 7 nitrogen and oxygen atoms in total. The Hall–Kier alpha value is -3.26. The number of likely N-dealkylation sites (tertiary alicyclic amines) is 1. The molecule has 2 aromatic carbocycles. The first kappa shape index (κ1) is 28.3. The summed E-state index contributed by atoms with van der Waals surface area (Å²) in [5, 5.41) is 4.31. The summed E-state index contributed by atoms with van der Waals surface area (Å²) in [5.41, 5.74) is 3.45. The lowest BCUT2D eigenvalue weighted by molar-refractivity contribution is -0.122. The Kier molecular flexibility index (Phi) is 8.00. The zero-order valence-electron chi connectivity index (χ0n) is 23.2. The quantitative estimate of drug-likeness (QED) is 0.277. The standard InChI is InChI=1S/C31H33Cl2N5O2/c1-19(2)35-27(39)18-38-29(21-7-5-8-24(32)13-21)36-28-26(30(38)40)15-23(16-34-28)22-11-20(12-25(33)14-22)17-37-10-6-9-31(37,3)4/h5,7-8,11-16,19H,6,9-10,17-18H2,1-4H3,(H,35,39). The van der Waals surface area contributed by atoms with Gasteiger partial charge in [0.2, 0.25) is 5.91 Å². The highest BCUT2D eigenvalue weighted by molar-refractivity contribution is 6.31. The van der Waals surface area contributed by atoms with Gasteiger partial charge in [0, 0.05) is 45.5 Å². The van der Waals surface area contributed by atoms with Crippen molar-refractivity contribution in [3.8, 4) is 22.5 Å². The van der Waals surface area contributed by atoms with Gasteiger partial charge >= 0.3 is 0 Å². The Morgan fingerprint density at radius 1 is 1.05 bits per heavy atom. The number of hydrogen-bond donors (Lipinski definition) is 1. The van der Waals surface area contributed by atoms with E-state index in [1.165, 1.54) is 17.4 Å². The fourth-order valence-corrected chi connectivity index (χ4v) is 5.80. The van der Waals surface area contributed by atoms with Crippen molar-refractivity contribution >= 4 is 40.1 Å². The van der Waals surface area contributed by atoms with Gasteiger partial charge in [-0.05, 0) is 94.6 Å². The number of halogens is 2. The molecule has 0 spiro atoms. The van der Waals surface area contributed by atoms with Crippen molar-refractivity contribution in [3.63, 3.8) is 0 Å². The van der Waals surface area contributed by atoms with Crippen molar-refractivity contribution in [1.82, 2.24) is 24.8 Å². The van der Waals surface area contributed by atoms with Crippen LogP contribution < -0.4 is 10.9 Å². The van der Waals surface area contributed by atoms with Gasteiger partial charge in [-0.1, -0.05) is 35.3 Å². The van der Waals surface area contributed by atoms with Gasteiger partial charge in [0.25, 0.3) is 5.56 Å². The van der Waals surface area contributed by atoms with E-state index in [1.807, 2.05) is 26.0 Å². The van der Waals surface area contributed by atoms with Crippen molar-refractivity contribution in [2.45, 2.75) is 65.2 Å². The summed E-state index contributed by atoms with van der Waals surface area (Å²) in [5.74, 6) is 0.0485. The second kappa shape index (κ2) is 11.3. The van der Waals surface area contributed by atoms with Gasteiger partial charge in [0.05, 0.1) is 5.39 Å². The van der Waals surface area contributed by atoms with E-state index in [-0.39, 0.29) is 29.6 Å². The Labute approximate surface area is 244 Å². The van der Waals surface area contributed by atoms with Crippen molar-refractivity contribution in [3.05, 3.63) is 80.7 Å². The second-order valence-corrected chi connectivity index (χ2v) is 12.2.